The van der Waals surface area contributed by atoms with E-state index in [1.54, 1.807) is 7.11 Å². The molecular formula is C19H29ClN2O3. The minimum Gasteiger partial charge on any atom is -0.493 e. The molecule has 0 aliphatic carbocycles. The molecular weight excluding hydrogens is 340 g/mol. The van der Waals surface area contributed by atoms with Gasteiger partial charge in [-0.05, 0) is 43.7 Å². The average molecular weight is 369 g/mol. The molecule has 0 saturated carbocycles. The van der Waals surface area contributed by atoms with Crippen LogP contribution in [0.15, 0.2) is 24.3 Å². The quantitative estimate of drug-likeness (QED) is 0.690. The van der Waals surface area contributed by atoms with Gasteiger partial charge in [0.2, 0.25) is 5.91 Å². The fraction of sp³-hybridized carbons (Fsp3) is 0.632. The smallest absolute Gasteiger partial charge is 0.224 e. The van der Waals surface area contributed by atoms with Gasteiger partial charge < -0.3 is 20.1 Å². The van der Waals surface area contributed by atoms with E-state index in [4.69, 9.17) is 9.47 Å². The standard InChI is InChI=1S/C19H28N2O3.ClH/c1-23-8-3-9-24-18-5-2-4-15(13-18)21-19(22)12-14-10-16-6-7-17(11-14)20-16;/h2,4-5,13-14,16-17,20H,3,6-12H2,1H3,(H,21,22);1H. The molecule has 2 fully saturated rings. The van der Waals surface area contributed by atoms with E-state index in [-0.39, 0.29) is 18.3 Å². The minimum atomic E-state index is 0. The number of carbonyl (C=O) groups is 1. The number of nitrogens with one attached hydrogen (secondary N) is 2. The molecule has 0 aromatic heterocycles. The third-order valence-corrected chi connectivity index (χ3v) is 4.92. The largest absolute Gasteiger partial charge is 0.493 e. The number of hydrogen-bond donors (Lipinski definition) is 2. The zero-order valence-corrected chi connectivity index (χ0v) is 15.6. The summed E-state index contributed by atoms with van der Waals surface area (Å²) in [4.78, 5) is 12.3. The number of carbonyl (C=O) groups excluding carboxylic acids is 1. The lowest BCUT2D eigenvalue weighted by atomic mass is 9.89. The summed E-state index contributed by atoms with van der Waals surface area (Å²) in [5.74, 6) is 1.40. The highest BCUT2D eigenvalue weighted by atomic mass is 35.5. The minimum absolute atomic E-state index is 0. The molecule has 25 heavy (non-hydrogen) atoms. The Labute approximate surface area is 156 Å². The SMILES string of the molecule is COCCCOc1cccc(NC(=O)CC2CC3CCC(C2)N3)c1.Cl. The van der Waals surface area contributed by atoms with Gasteiger partial charge in [0.15, 0.2) is 0 Å². The second-order valence-electron chi connectivity index (χ2n) is 6.95. The number of amides is 1. The second-order valence-corrected chi connectivity index (χ2v) is 6.95. The van der Waals surface area contributed by atoms with E-state index in [1.807, 2.05) is 24.3 Å². The summed E-state index contributed by atoms with van der Waals surface area (Å²) in [6.45, 7) is 1.30. The first-order valence-electron chi connectivity index (χ1n) is 9.00. The molecule has 6 heteroatoms. The molecule has 2 atom stereocenters. The number of benzene rings is 1. The van der Waals surface area contributed by atoms with Gasteiger partial charge in [-0.25, -0.2) is 0 Å². The molecule has 2 bridgehead atoms. The predicted octanol–water partition coefficient (Wildman–Crippen LogP) is 3.38. The van der Waals surface area contributed by atoms with Crippen LogP contribution in [-0.2, 0) is 9.53 Å². The molecule has 2 heterocycles. The zero-order chi connectivity index (χ0) is 16.8. The van der Waals surface area contributed by atoms with Gasteiger partial charge in [-0.15, -0.1) is 12.4 Å². The summed E-state index contributed by atoms with van der Waals surface area (Å²) in [5.41, 5.74) is 0.807. The Morgan fingerprint density at radius 2 is 2.00 bits per heavy atom. The van der Waals surface area contributed by atoms with Gasteiger partial charge in [-0.3, -0.25) is 4.79 Å². The van der Waals surface area contributed by atoms with Crippen molar-refractivity contribution in [3.05, 3.63) is 24.3 Å². The summed E-state index contributed by atoms with van der Waals surface area (Å²) in [6.07, 6.45) is 6.27. The number of rotatable bonds is 8. The topological polar surface area (TPSA) is 59.6 Å². The van der Waals surface area contributed by atoms with E-state index >= 15 is 0 Å². The Morgan fingerprint density at radius 3 is 2.72 bits per heavy atom. The van der Waals surface area contributed by atoms with Gasteiger partial charge in [0, 0.05) is 50.4 Å². The molecule has 1 aromatic carbocycles. The second kappa shape index (κ2) is 10.00. The molecule has 1 aromatic rings. The maximum atomic E-state index is 12.3. The summed E-state index contributed by atoms with van der Waals surface area (Å²) in [5, 5.41) is 6.64. The lowest BCUT2D eigenvalue weighted by Gasteiger charge is -2.28. The summed E-state index contributed by atoms with van der Waals surface area (Å²) >= 11 is 0. The third-order valence-electron chi connectivity index (χ3n) is 4.92. The van der Waals surface area contributed by atoms with Crippen LogP contribution >= 0.6 is 12.4 Å². The summed E-state index contributed by atoms with van der Waals surface area (Å²) in [6, 6.07) is 8.87. The normalized spacial score (nSPS) is 24.4. The van der Waals surface area contributed by atoms with Crippen LogP contribution in [0.1, 0.15) is 38.5 Å². The van der Waals surface area contributed by atoms with Gasteiger partial charge in [0.25, 0.3) is 0 Å². The molecule has 0 spiro atoms. The predicted molar refractivity (Wildman–Crippen MR) is 102 cm³/mol. The fourth-order valence-electron chi connectivity index (χ4n) is 3.87. The summed E-state index contributed by atoms with van der Waals surface area (Å²) < 4.78 is 10.7. The van der Waals surface area contributed by atoms with Crippen LogP contribution in [0.4, 0.5) is 5.69 Å². The van der Waals surface area contributed by atoms with Crippen LogP contribution in [0.25, 0.3) is 0 Å². The van der Waals surface area contributed by atoms with Crippen LogP contribution < -0.4 is 15.4 Å². The molecule has 3 rings (SSSR count). The van der Waals surface area contributed by atoms with Crippen LogP contribution in [0.5, 0.6) is 5.75 Å². The Balaban J connectivity index is 0.00000225. The molecule has 0 radical (unpaired) electrons. The highest BCUT2D eigenvalue weighted by Gasteiger charge is 2.34. The summed E-state index contributed by atoms with van der Waals surface area (Å²) in [7, 11) is 1.68. The van der Waals surface area contributed by atoms with Gasteiger partial charge in [-0.2, -0.15) is 0 Å². The molecule has 2 saturated heterocycles. The molecule has 2 aliphatic heterocycles. The van der Waals surface area contributed by atoms with E-state index in [0.29, 0.717) is 37.6 Å². The van der Waals surface area contributed by atoms with Gasteiger partial charge >= 0.3 is 0 Å². The first kappa shape index (κ1) is 20.0. The number of methoxy groups -OCH3 is 1. The van der Waals surface area contributed by atoms with Crippen LogP contribution in [0.2, 0.25) is 0 Å². The molecule has 2 N–H and O–H groups in total. The van der Waals surface area contributed by atoms with E-state index in [1.165, 1.54) is 12.8 Å². The zero-order valence-electron chi connectivity index (χ0n) is 14.8. The van der Waals surface area contributed by atoms with Crippen molar-refractivity contribution < 1.29 is 14.3 Å². The molecule has 2 aliphatic rings. The van der Waals surface area contributed by atoms with Gasteiger partial charge in [0.05, 0.1) is 6.61 Å². The van der Waals surface area contributed by atoms with Crippen molar-refractivity contribution in [1.82, 2.24) is 5.32 Å². The lowest BCUT2D eigenvalue weighted by molar-refractivity contribution is -0.117. The van der Waals surface area contributed by atoms with Crippen molar-refractivity contribution in [2.45, 2.75) is 50.6 Å². The highest BCUT2D eigenvalue weighted by molar-refractivity contribution is 5.91. The lowest BCUT2D eigenvalue weighted by Crippen LogP contribution is -2.39. The average Bonchev–Trinajstić information content (AvgIpc) is 2.90. The van der Waals surface area contributed by atoms with Crippen molar-refractivity contribution >= 4 is 24.0 Å². The number of piperidine rings is 1. The monoisotopic (exact) mass is 368 g/mol. The van der Waals surface area contributed by atoms with Crippen molar-refractivity contribution in [1.29, 1.82) is 0 Å². The van der Waals surface area contributed by atoms with E-state index in [9.17, 15) is 4.79 Å². The Kier molecular flexibility index (Phi) is 8.00. The Hall–Kier alpha value is -1.30. The van der Waals surface area contributed by atoms with Crippen molar-refractivity contribution in [3.63, 3.8) is 0 Å². The van der Waals surface area contributed by atoms with Crippen molar-refractivity contribution in [3.8, 4) is 5.75 Å². The van der Waals surface area contributed by atoms with Crippen molar-refractivity contribution in [2.24, 2.45) is 5.92 Å². The molecule has 5 nitrogen and oxygen atoms in total. The highest BCUT2D eigenvalue weighted by Crippen LogP contribution is 2.32. The first-order valence-corrected chi connectivity index (χ1v) is 9.00. The number of ether oxygens (including phenoxy) is 2. The number of halogens is 1. The van der Waals surface area contributed by atoms with Crippen LogP contribution in [0.3, 0.4) is 0 Å². The first-order chi connectivity index (χ1) is 11.7. The third kappa shape index (κ3) is 6.17. The molecule has 1 amide bonds. The molecule has 140 valence electrons. The molecule has 2 unspecified atom stereocenters. The number of fused-ring (bicyclic) bond motifs is 2. The van der Waals surface area contributed by atoms with E-state index in [2.05, 4.69) is 10.6 Å². The van der Waals surface area contributed by atoms with E-state index in [0.717, 1.165) is 30.7 Å². The Morgan fingerprint density at radius 1 is 1.24 bits per heavy atom. The maximum Gasteiger partial charge on any atom is 0.224 e. The van der Waals surface area contributed by atoms with Gasteiger partial charge in [0.1, 0.15) is 5.75 Å². The Bertz CT molecular complexity index is 543. The van der Waals surface area contributed by atoms with Crippen LogP contribution in [-0.4, -0.2) is 38.3 Å². The fourth-order valence-corrected chi connectivity index (χ4v) is 3.87. The van der Waals surface area contributed by atoms with Gasteiger partial charge in [-0.1, -0.05) is 6.07 Å². The van der Waals surface area contributed by atoms with Crippen molar-refractivity contribution in [2.75, 3.05) is 25.6 Å². The maximum absolute atomic E-state index is 12.3. The van der Waals surface area contributed by atoms with E-state index < -0.39 is 0 Å². The van der Waals surface area contributed by atoms with Crippen LogP contribution in [0, 0.1) is 5.92 Å². The number of anilines is 1. The number of hydrogen-bond acceptors (Lipinski definition) is 4.